The molecule has 0 N–H and O–H groups in total. The molecule has 0 saturated carbocycles. The van der Waals surface area contributed by atoms with Gasteiger partial charge in [0.05, 0.1) is 5.41 Å². The van der Waals surface area contributed by atoms with Crippen LogP contribution in [0.3, 0.4) is 0 Å². The van der Waals surface area contributed by atoms with Gasteiger partial charge in [-0.1, -0.05) is 72.8 Å². The minimum Gasteiger partial charge on any atom is -0.482 e. The van der Waals surface area contributed by atoms with Crippen molar-refractivity contribution in [1.29, 1.82) is 0 Å². The first kappa shape index (κ1) is 17.6. The first-order valence-electron chi connectivity index (χ1n) is 9.43. The molecule has 1 aliphatic rings. The lowest BCUT2D eigenvalue weighted by Gasteiger charge is -2.34. The van der Waals surface area contributed by atoms with Crippen molar-refractivity contribution < 1.29 is 9.47 Å². The molecule has 29 heavy (non-hydrogen) atoms. The fourth-order valence-corrected chi connectivity index (χ4v) is 4.59. The Bertz CT molecular complexity index is 1060. The summed E-state index contributed by atoms with van der Waals surface area (Å²) in [4.78, 5) is 0. The largest absolute Gasteiger partial charge is 0.482 e. The molecule has 1 aliphatic carbocycles. The molecule has 0 bridgehead atoms. The van der Waals surface area contributed by atoms with E-state index in [1.165, 1.54) is 22.3 Å². The van der Waals surface area contributed by atoms with Crippen molar-refractivity contribution in [3.8, 4) is 22.6 Å². The Labute approximate surface area is 171 Å². The first-order valence-corrected chi connectivity index (χ1v) is 9.43. The number of rotatable bonds is 4. The molecule has 5 rings (SSSR count). The minimum absolute atomic E-state index is 0.465. The van der Waals surface area contributed by atoms with Gasteiger partial charge >= 0.3 is 0 Å². The predicted molar refractivity (Wildman–Crippen MR) is 114 cm³/mol. The maximum absolute atomic E-state index is 5.36. The van der Waals surface area contributed by atoms with Gasteiger partial charge < -0.3 is 9.47 Å². The molecule has 0 amide bonds. The van der Waals surface area contributed by atoms with Crippen LogP contribution < -0.4 is 9.47 Å². The van der Waals surface area contributed by atoms with Gasteiger partial charge in [0.2, 0.25) is 0 Å². The molecule has 0 unspecified atom stereocenters. The zero-order chi connectivity index (χ0) is 19.8. The average Bonchev–Trinajstić information content (AvgIpc) is 3.11. The van der Waals surface area contributed by atoms with Crippen LogP contribution in [0.25, 0.3) is 11.1 Å². The Kier molecular flexibility index (Phi) is 4.13. The van der Waals surface area contributed by atoms with Crippen LogP contribution in [0.1, 0.15) is 22.3 Å². The van der Waals surface area contributed by atoms with Crippen LogP contribution >= 0.6 is 0 Å². The molecular formula is C27H18O2. The van der Waals surface area contributed by atoms with Crippen LogP contribution in [-0.4, -0.2) is 0 Å². The summed E-state index contributed by atoms with van der Waals surface area (Å²) in [6.07, 6.45) is 0. The molecule has 0 aliphatic heterocycles. The van der Waals surface area contributed by atoms with Crippen LogP contribution in [0.2, 0.25) is 0 Å². The van der Waals surface area contributed by atoms with Gasteiger partial charge in [0.25, 0.3) is 0 Å². The van der Waals surface area contributed by atoms with E-state index in [-0.39, 0.29) is 0 Å². The highest BCUT2D eigenvalue weighted by Gasteiger charge is 2.45. The molecule has 0 spiro atoms. The van der Waals surface area contributed by atoms with E-state index in [0.717, 1.165) is 11.1 Å². The maximum atomic E-state index is 5.36. The van der Waals surface area contributed by atoms with Crippen molar-refractivity contribution >= 4 is 0 Å². The van der Waals surface area contributed by atoms with Gasteiger partial charge in [0.1, 0.15) is 11.5 Å². The molecule has 138 valence electrons. The van der Waals surface area contributed by atoms with E-state index in [2.05, 4.69) is 72.8 Å². The summed E-state index contributed by atoms with van der Waals surface area (Å²) in [6, 6.07) is 33.0. The summed E-state index contributed by atoms with van der Waals surface area (Å²) in [7, 11) is 10.7. The zero-order valence-corrected chi connectivity index (χ0v) is 15.7. The summed E-state index contributed by atoms with van der Waals surface area (Å²) in [5.74, 6) is 1.24. The van der Waals surface area contributed by atoms with Crippen molar-refractivity contribution in [2.45, 2.75) is 5.41 Å². The molecule has 4 aromatic rings. The smallest absolute Gasteiger partial charge is 0.180 e. The van der Waals surface area contributed by atoms with Crippen molar-refractivity contribution in [3.05, 3.63) is 134 Å². The minimum atomic E-state index is -0.465. The highest BCUT2D eigenvalue weighted by Crippen LogP contribution is 2.56. The summed E-state index contributed by atoms with van der Waals surface area (Å²) in [5, 5.41) is 0. The SMILES string of the molecule is [CH]Oc1ccc(C2(c3ccc(O[CH])cc3)c3ccccc3-c3ccccc32)cc1. The Hall–Kier alpha value is -3.52. The fraction of sp³-hybridized carbons (Fsp3) is 0.0370. The Morgan fingerprint density at radius 1 is 0.483 bits per heavy atom. The predicted octanol–water partition coefficient (Wildman–Crippen LogP) is 6.14. The lowest BCUT2D eigenvalue weighted by atomic mass is 9.68. The van der Waals surface area contributed by atoms with Gasteiger partial charge in [0, 0.05) is 0 Å². The van der Waals surface area contributed by atoms with Gasteiger partial charge in [-0.05, 0) is 57.6 Å². The van der Waals surface area contributed by atoms with Gasteiger partial charge in [-0.2, -0.15) is 0 Å². The maximum Gasteiger partial charge on any atom is 0.180 e. The van der Waals surface area contributed by atoms with Crippen LogP contribution in [-0.2, 0) is 5.41 Å². The lowest BCUT2D eigenvalue weighted by Crippen LogP contribution is -2.28. The number of benzene rings is 4. The van der Waals surface area contributed by atoms with Gasteiger partial charge in [-0.3, -0.25) is 0 Å². The Morgan fingerprint density at radius 2 is 0.862 bits per heavy atom. The van der Waals surface area contributed by atoms with E-state index in [1.807, 2.05) is 24.3 Å². The number of hydrogen-bond acceptors (Lipinski definition) is 2. The standard InChI is InChI=1S/C27H18O2/c1-28-21-15-11-19(12-16-21)27(20-13-17-22(29-2)18-14-20)25-9-5-3-7-23(25)24-8-4-6-10-26(24)27/h1-18H. The Balaban J connectivity index is 1.88. The molecule has 2 heteroatoms. The van der Waals surface area contributed by atoms with E-state index in [4.69, 9.17) is 23.7 Å². The van der Waals surface area contributed by atoms with E-state index >= 15 is 0 Å². The summed E-state index contributed by atoms with van der Waals surface area (Å²) >= 11 is 0. The quantitative estimate of drug-likeness (QED) is 0.376. The average molecular weight is 374 g/mol. The van der Waals surface area contributed by atoms with E-state index in [0.29, 0.717) is 11.5 Å². The van der Waals surface area contributed by atoms with Gasteiger partial charge in [-0.15, -0.1) is 0 Å². The lowest BCUT2D eigenvalue weighted by molar-refractivity contribution is 0.472. The third-order valence-electron chi connectivity index (χ3n) is 5.80. The molecule has 4 radical (unpaired) electrons. The molecule has 0 aromatic heterocycles. The van der Waals surface area contributed by atoms with Crippen LogP contribution in [0.5, 0.6) is 11.5 Å². The van der Waals surface area contributed by atoms with Crippen LogP contribution in [0, 0.1) is 14.2 Å². The molecule has 0 heterocycles. The molecule has 0 fully saturated rings. The zero-order valence-electron chi connectivity index (χ0n) is 15.7. The monoisotopic (exact) mass is 374 g/mol. The molecule has 2 nitrogen and oxygen atoms in total. The Morgan fingerprint density at radius 3 is 1.24 bits per heavy atom. The fourth-order valence-electron chi connectivity index (χ4n) is 4.59. The third-order valence-corrected chi connectivity index (χ3v) is 5.80. The summed E-state index contributed by atoms with van der Waals surface area (Å²) < 4.78 is 9.82. The van der Waals surface area contributed by atoms with E-state index in [1.54, 1.807) is 0 Å². The van der Waals surface area contributed by atoms with Crippen LogP contribution in [0.15, 0.2) is 97.1 Å². The van der Waals surface area contributed by atoms with Gasteiger partial charge in [0.15, 0.2) is 14.2 Å². The van der Waals surface area contributed by atoms with Gasteiger partial charge in [-0.25, -0.2) is 0 Å². The molecule has 0 saturated heterocycles. The van der Waals surface area contributed by atoms with Crippen molar-refractivity contribution in [2.75, 3.05) is 0 Å². The summed E-state index contributed by atoms with van der Waals surface area (Å²) in [5.41, 5.74) is 6.76. The molecule has 0 atom stereocenters. The topological polar surface area (TPSA) is 18.5 Å². The first-order chi connectivity index (χ1) is 14.3. The third kappa shape index (κ3) is 2.49. The normalized spacial score (nSPS) is 13.4. The molecular weight excluding hydrogens is 356 g/mol. The highest BCUT2D eigenvalue weighted by atomic mass is 16.5. The van der Waals surface area contributed by atoms with Crippen molar-refractivity contribution in [2.24, 2.45) is 0 Å². The van der Waals surface area contributed by atoms with E-state index < -0.39 is 5.41 Å². The second-order valence-corrected chi connectivity index (χ2v) is 7.13. The second kappa shape index (κ2) is 6.82. The van der Waals surface area contributed by atoms with Crippen molar-refractivity contribution in [1.82, 2.24) is 0 Å². The molecule has 4 aromatic carbocycles. The van der Waals surface area contributed by atoms with E-state index in [9.17, 15) is 0 Å². The summed E-state index contributed by atoms with van der Waals surface area (Å²) in [6.45, 7) is 0. The van der Waals surface area contributed by atoms with Crippen LogP contribution in [0.4, 0.5) is 0 Å². The number of fused-ring (bicyclic) bond motifs is 3. The second-order valence-electron chi connectivity index (χ2n) is 7.13. The number of ether oxygens (including phenoxy) is 2. The highest BCUT2D eigenvalue weighted by molar-refractivity contribution is 5.86. The number of hydrogen-bond donors (Lipinski definition) is 0. The van der Waals surface area contributed by atoms with Crippen molar-refractivity contribution in [3.63, 3.8) is 0 Å².